The van der Waals surface area contributed by atoms with Crippen LogP contribution in [0.25, 0.3) is 0 Å². The Kier molecular flexibility index (Phi) is 4.68. The van der Waals surface area contributed by atoms with Gasteiger partial charge in [0.25, 0.3) is 0 Å². The third-order valence-electron chi connectivity index (χ3n) is 3.10. The van der Waals surface area contributed by atoms with E-state index in [4.69, 9.17) is 0 Å². The molecule has 0 radical (unpaired) electrons. The Morgan fingerprint density at radius 3 is 2.95 bits per heavy atom. The van der Waals surface area contributed by atoms with Crippen molar-refractivity contribution in [2.45, 2.75) is 32.9 Å². The fourth-order valence-electron chi connectivity index (χ4n) is 1.92. The summed E-state index contributed by atoms with van der Waals surface area (Å²) in [6, 6.07) is 3.68. The molecule has 106 valence electrons. The molecule has 0 aliphatic rings. The molecule has 20 heavy (non-hydrogen) atoms. The third kappa shape index (κ3) is 3.54. The molecular weight excluding hydrogens is 274 g/mol. The van der Waals surface area contributed by atoms with E-state index in [9.17, 15) is 9.59 Å². The van der Waals surface area contributed by atoms with Crippen molar-refractivity contribution in [3.63, 3.8) is 0 Å². The summed E-state index contributed by atoms with van der Waals surface area (Å²) in [5.41, 5.74) is 1.86. The van der Waals surface area contributed by atoms with Crippen LogP contribution in [0.1, 0.15) is 30.6 Å². The van der Waals surface area contributed by atoms with Gasteiger partial charge in [-0.1, -0.05) is 17.4 Å². The van der Waals surface area contributed by atoms with Crippen LogP contribution in [0, 0.1) is 6.92 Å². The second kappa shape index (κ2) is 6.47. The number of amides is 1. The average Bonchev–Trinajstić information content (AvgIpc) is 2.77. The second-order valence-corrected chi connectivity index (χ2v) is 5.44. The molecule has 0 unspecified atom stereocenters. The molecule has 2 rings (SSSR count). The second-order valence-electron chi connectivity index (χ2n) is 4.62. The molecule has 1 N–H and O–H groups in total. The van der Waals surface area contributed by atoms with E-state index >= 15 is 0 Å². The smallest absolute Gasteiger partial charge is 0.307 e. The molecule has 2 aromatic heterocycles. The van der Waals surface area contributed by atoms with E-state index < -0.39 is 0 Å². The molecule has 2 heterocycles. The summed E-state index contributed by atoms with van der Waals surface area (Å²) < 4.78 is 1.62. The zero-order chi connectivity index (χ0) is 14.5. The van der Waals surface area contributed by atoms with Crippen LogP contribution in [0.2, 0.25) is 0 Å². The Hall–Kier alpha value is -1.95. The highest BCUT2D eigenvalue weighted by Gasteiger charge is 2.10. The Balaban J connectivity index is 1.89. The number of pyridine rings is 1. The van der Waals surface area contributed by atoms with Crippen LogP contribution in [0.5, 0.6) is 0 Å². The number of hydrogen-bond acceptors (Lipinski definition) is 4. The predicted octanol–water partition coefficient (Wildman–Crippen LogP) is 1.88. The topological polar surface area (TPSA) is 64.0 Å². The highest BCUT2D eigenvalue weighted by molar-refractivity contribution is 7.07. The highest BCUT2D eigenvalue weighted by atomic mass is 32.1. The molecule has 0 aromatic carbocycles. The zero-order valence-electron chi connectivity index (χ0n) is 11.5. The van der Waals surface area contributed by atoms with E-state index in [1.54, 1.807) is 22.3 Å². The minimum absolute atomic E-state index is 0.0180. The van der Waals surface area contributed by atoms with Gasteiger partial charge in [-0.25, -0.2) is 0 Å². The molecule has 2 aromatic rings. The first-order valence-corrected chi connectivity index (χ1v) is 7.30. The van der Waals surface area contributed by atoms with E-state index in [1.807, 2.05) is 26.0 Å². The molecule has 5 nitrogen and oxygen atoms in total. The lowest BCUT2D eigenvalue weighted by Crippen LogP contribution is -2.28. The molecular formula is C14H17N3O2S. The van der Waals surface area contributed by atoms with Gasteiger partial charge in [0.1, 0.15) is 0 Å². The molecule has 0 fully saturated rings. The van der Waals surface area contributed by atoms with Gasteiger partial charge in [-0.2, -0.15) is 0 Å². The maximum absolute atomic E-state index is 11.9. The van der Waals surface area contributed by atoms with E-state index in [-0.39, 0.29) is 16.8 Å². The fourth-order valence-corrected chi connectivity index (χ4v) is 2.68. The summed E-state index contributed by atoms with van der Waals surface area (Å²) in [7, 11) is 0. The largest absolute Gasteiger partial charge is 0.349 e. The SMILES string of the molecule is Cc1csc(=O)n1CCC(=O)N[C@@H](C)c1cccnc1. The summed E-state index contributed by atoms with van der Waals surface area (Å²) in [5.74, 6) is -0.0705. The predicted molar refractivity (Wildman–Crippen MR) is 78.7 cm³/mol. The van der Waals surface area contributed by atoms with Crippen molar-refractivity contribution >= 4 is 17.2 Å². The number of carbonyl (C=O) groups excluding carboxylic acids is 1. The van der Waals surface area contributed by atoms with Crippen molar-refractivity contribution in [2.75, 3.05) is 0 Å². The lowest BCUT2D eigenvalue weighted by molar-refractivity contribution is -0.121. The van der Waals surface area contributed by atoms with Crippen molar-refractivity contribution in [2.24, 2.45) is 0 Å². The van der Waals surface area contributed by atoms with Crippen molar-refractivity contribution in [1.29, 1.82) is 0 Å². The first-order valence-electron chi connectivity index (χ1n) is 6.42. The Labute approximate surface area is 121 Å². The standard InChI is InChI=1S/C14H17N3O2S/c1-10-9-20-14(19)17(10)7-5-13(18)16-11(2)12-4-3-6-15-8-12/h3-4,6,8-9,11H,5,7H2,1-2H3,(H,16,18)/t11-/m0/s1. The molecule has 6 heteroatoms. The van der Waals surface area contributed by atoms with Crippen LogP contribution >= 0.6 is 11.3 Å². The fraction of sp³-hybridized carbons (Fsp3) is 0.357. The van der Waals surface area contributed by atoms with Crippen molar-refractivity contribution in [3.05, 3.63) is 50.8 Å². The maximum Gasteiger partial charge on any atom is 0.307 e. The Morgan fingerprint density at radius 2 is 2.35 bits per heavy atom. The molecule has 0 aliphatic carbocycles. The quantitative estimate of drug-likeness (QED) is 0.915. The van der Waals surface area contributed by atoms with Gasteiger partial charge in [-0.15, -0.1) is 0 Å². The summed E-state index contributed by atoms with van der Waals surface area (Å²) in [6.45, 7) is 4.20. The van der Waals surface area contributed by atoms with Crippen LogP contribution in [-0.2, 0) is 11.3 Å². The molecule has 0 aliphatic heterocycles. The number of thiazole rings is 1. The van der Waals surface area contributed by atoms with Gasteiger partial charge in [0.2, 0.25) is 5.91 Å². The minimum atomic E-state index is -0.0866. The van der Waals surface area contributed by atoms with E-state index in [1.165, 1.54) is 0 Å². The maximum atomic E-state index is 11.9. The lowest BCUT2D eigenvalue weighted by atomic mass is 10.1. The number of hydrogen-bond donors (Lipinski definition) is 1. The highest BCUT2D eigenvalue weighted by Crippen LogP contribution is 2.10. The number of aryl methyl sites for hydroxylation is 1. The monoisotopic (exact) mass is 291 g/mol. The number of nitrogens with one attached hydrogen (secondary N) is 1. The first kappa shape index (κ1) is 14.5. The number of aromatic nitrogens is 2. The molecule has 0 saturated heterocycles. The van der Waals surface area contributed by atoms with Gasteiger partial charge in [-0.05, 0) is 25.5 Å². The average molecular weight is 291 g/mol. The third-order valence-corrected chi connectivity index (χ3v) is 3.98. The van der Waals surface area contributed by atoms with Gasteiger partial charge < -0.3 is 9.88 Å². The summed E-state index contributed by atoms with van der Waals surface area (Å²) >= 11 is 1.16. The normalized spacial score (nSPS) is 12.1. The molecule has 0 saturated carbocycles. The van der Waals surface area contributed by atoms with Gasteiger partial charge in [-0.3, -0.25) is 14.6 Å². The van der Waals surface area contributed by atoms with Crippen LogP contribution in [-0.4, -0.2) is 15.5 Å². The van der Waals surface area contributed by atoms with E-state index in [0.29, 0.717) is 13.0 Å². The number of rotatable bonds is 5. The minimum Gasteiger partial charge on any atom is -0.349 e. The Bertz CT molecular complexity index is 633. The molecule has 0 bridgehead atoms. The van der Waals surface area contributed by atoms with Crippen molar-refractivity contribution in [3.8, 4) is 0 Å². The zero-order valence-corrected chi connectivity index (χ0v) is 12.3. The van der Waals surface area contributed by atoms with Crippen molar-refractivity contribution < 1.29 is 4.79 Å². The lowest BCUT2D eigenvalue weighted by Gasteiger charge is -2.14. The molecule has 1 amide bonds. The van der Waals surface area contributed by atoms with Gasteiger partial charge in [0.15, 0.2) is 0 Å². The van der Waals surface area contributed by atoms with E-state index in [0.717, 1.165) is 22.6 Å². The van der Waals surface area contributed by atoms with E-state index in [2.05, 4.69) is 10.3 Å². The van der Waals surface area contributed by atoms with Crippen LogP contribution < -0.4 is 10.2 Å². The van der Waals surface area contributed by atoms with Crippen LogP contribution in [0.15, 0.2) is 34.7 Å². The number of nitrogens with zero attached hydrogens (tertiary/aromatic N) is 2. The van der Waals surface area contributed by atoms with Gasteiger partial charge in [0.05, 0.1) is 6.04 Å². The molecule has 0 spiro atoms. The Morgan fingerprint density at radius 1 is 1.55 bits per heavy atom. The van der Waals surface area contributed by atoms with Crippen molar-refractivity contribution in [1.82, 2.24) is 14.9 Å². The summed E-state index contributed by atoms with van der Waals surface area (Å²) in [5, 5.41) is 4.71. The molecule has 1 atom stereocenters. The summed E-state index contributed by atoms with van der Waals surface area (Å²) in [6.07, 6.45) is 3.73. The number of carbonyl (C=O) groups is 1. The van der Waals surface area contributed by atoms with Gasteiger partial charge >= 0.3 is 4.87 Å². The van der Waals surface area contributed by atoms with Crippen LogP contribution in [0.3, 0.4) is 0 Å². The first-order chi connectivity index (χ1) is 9.58. The van der Waals surface area contributed by atoms with Crippen LogP contribution in [0.4, 0.5) is 0 Å². The van der Waals surface area contributed by atoms with Gasteiger partial charge in [0, 0.05) is 36.4 Å². The summed E-state index contributed by atoms with van der Waals surface area (Å²) in [4.78, 5) is 27.4.